The highest BCUT2D eigenvalue weighted by molar-refractivity contribution is 6.37. The van der Waals surface area contributed by atoms with Crippen LogP contribution in [-0.2, 0) is 16.6 Å². The molecule has 0 spiro atoms. The highest BCUT2D eigenvalue weighted by Gasteiger charge is 2.32. The first kappa shape index (κ1) is 25.3. The molecule has 2 amide bonds. The molecule has 0 saturated carbocycles. The molecule has 2 heterocycles. The number of nitrogens with one attached hydrogen (secondary N) is 1. The lowest BCUT2D eigenvalue weighted by Gasteiger charge is -2.05. The minimum atomic E-state index is -0.253. The number of rotatable bonds is 16. The Morgan fingerprint density at radius 1 is 0.727 bits per heavy atom. The molecule has 0 bridgehead atoms. The summed E-state index contributed by atoms with van der Waals surface area (Å²) in [5.41, 5.74) is 3.18. The summed E-state index contributed by atoms with van der Waals surface area (Å²) in [6, 6.07) is 8.05. The van der Waals surface area contributed by atoms with Gasteiger partial charge in [-0.1, -0.05) is 109 Å². The minimum Gasteiger partial charge on any atom is -0.350 e. The van der Waals surface area contributed by atoms with E-state index in [1.807, 2.05) is 42.1 Å². The second-order valence-electron chi connectivity index (χ2n) is 9.65. The second-order valence-corrected chi connectivity index (χ2v) is 9.65. The zero-order valence-electron chi connectivity index (χ0n) is 20.8. The normalized spacial score (nSPS) is 14.0. The third-order valence-electron chi connectivity index (χ3n) is 6.98. The Labute approximate surface area is 199 Å². The van der Waals surface area contributed by atoms with Gasteiger partial charge in [0.15, 0.2) is 0 Å². The first-order chi connectivity index (χ1) is 16.1. The lowest BCUT2D eigenvalue weighted by atomic mass is 9.96. The molecule has 1 aliphatic heterocycles. The van der Waals surface area contributed by atoms with Crippen LogP contribution in [0.25, 0.3) is 16.5 Å². The van der Waals surface area contributed by atoms with E-state index >= 15 is 0 Å². The highest BCUT2D eigenvalue weighted by atomic mass is 16.2. The Bertz CT molecular complexity index is 954. The van der Waals surface area contributed by atoms with Gasteiger partial charge in [-0.05, 0) is 18.9 Å². The van der Waals surface area contributed by atoms with Crippen molar-refractivity contribution in [2.45, 2.75) is 103 Å². The Hall–Kier alpha value is -2.36. The third-order valence-corrected chi connectivity index (χ3v) is 6.98. The fraction of sp³-hybridized carbons (Fsp3) is 0.586. The zero-order chi connectivity index (χ0) is 23.5. The number of amides is 2. The summed E-state index contributed by atoms with van der Waals surface area (Å²) in [5, 5.41) is 3.55. The van der Waals surface area contributed by atoms with Gasteiger partial charge in [-0.2, -0.15) is 0 Å². The number of unbranched alkanes of at least 4 members (excludes halogenated alkanes) is 13. The lowest BCUT2D eigenvalue weighted by molar-refractivity contribution is -0.123. The van der Waals surface area contributed by atoms with Gasteiger partial charge in [0.05, 0.1) is 5.57 Å². The van der Waals surface area contributed by atoms with Gasteiger partial charge in [0, 0.05) is 35.3 Å². The average Bonchev–Trinajstić information content (AvgIpc) is 3.29. The molecule has 33 heavy (non-hydrogen) atoms. The molecule has 2 aromatic rings. The van der Waals surface area contributed by atoms with Crippen molar-refractivity contribution in [3.63, 3.8) is 0 Å². The first-order valence-corrected chi connectivity index (χ1v) is 13.3. The van der Waals surface area contributed by atoms with Crippen LogP contribution in [0.3, 0.4) is 0 Å². The number of hydrogen-bond acceptors (Lipinski definition) is 2. The van der Waals surface area contributed by atoms with Crippen molar-refractivity contribution in [1.82, 2.24) is 9.88 Å². The second kappa shape index (κ2) is 13.4. The number of imide groups is 1. The predicted molar refractivity (Wildman–Crippen MR) is 138 cm³/mol. The zero-order valence-corrected chi connectivity index (χ0v) is 20.8. The number of para-hydroxylation sites is 1. The van der Waals surface area contributed by atoms with Crippen LogP contribution < -0.4 is 5.32 Å². The molecule has 1 N–H and O–H groups in total. The molecule has 0 radical (unpaired) electrons. The molecule has 180 valence electrons. The van der Waals surface area contributed by atoms with E-state index in [2.05, 4.69) is 12.2 Å². The third kappa shape index (κ3) is 7.06. The monoisotopic (exact) mass is 450 g/mol. The molecular weight excluding hydrogens is 408 g/mol. The molecule has 0 atom stereocenters. The van der Waals surface area contributed by atoms with Crippen LogP contribution in [0.1, 0.15) is 109 Å². The topological polar surface area (TPSA) is 51.1 Å². The summed E-state index contributed by atoms with van der Waals surface area (Å²) in [4.78, 5) is 25.1. The quantitative estimate of drug-likeness (QED) is 0.213. The Kier molecular flexibility index (Phi) is 10.2. The lowest BCUT2D eigenvalue weighted by Crippen LogP contribution is -2.23. The molecule has 0 fully saturated rings. The summed E-state index contributed by atoms with van der Waals surface area (Å²) in [6.07, 6.45) is 21.0. The number of fused-ring (bicyclic) bond motifs is 1. The minimum absolute atomic E-state index is 0.211. The van der Waals surface area contributed by atoms with Crippen molar-refractivity contribution in [2.75, 3.05) is 0 Å². The van der Waals surface area contributed by atoms with Crippen molar-refractivity contribution in [3.8, 4) is 0 Å². The standard InChI is InChI=1S/C29H42N2O2/c1-3-4-5-6-7-8-9-10-11-12-13-14-15-16-20-24-27(29(33)30-28(24)32)25-22-31(2)26-21-18-17-19-23(25)26/h17-19,21-22H,3-16,20H2,1-2H3,(H,30,32,33). The van der Waals surface area contributed by atoms with Gasteiger partial charge in [0.25, 0.3) is 11.8 Å². The van der Waals surface area contributed by atoms with Gasteiger partial charge in [0.2, 0.25) is 0 Å². The molecule has 4 heteroatoms. The first-order valence-electron chi connectivity index (χ1n) is 13.3. The van der Waals surface area contributed by atoms with Gasteiger partial charge in [-0.15, -0.1) is 0 Å². The summed E-state index contributed by atoms with van der Waals surface area (Å²) < 4.78 is 2.03. The molecule has 3 rings (SSSR count). The van der Waals surface area contributed by atoms with Crippen molar-refractivity contribution >= 4 is 28.3 Å². The Balaban J connectivity index is 1.38. The largest absolute Gasteiger partial charge is 0.350 e. The van der Waals surface area contributed by atoms with Gasteiger partial charge in [0.1, 0.15) is 0 Å². The van der Waals surface area contributed by atoms with Crippen molar-refractivity contribution in [1.29, 1.82) is 0 Å². The summed E-state index contributed by atoms with van der Waals surface area (Å²) in [7, 11) is 1.98. The molecule has 1 aromatic carbocycles. The van der Waals surface area contributed by atoms with Crippen LogP contribution in [-0.4, -0.2) is 16.4 Å². The highest BCUT2D eigenvalue weighted by Crippen LogP contribution is 2.33. The van der Waals surface area contributed by atoms with Crippen LogP contribution >= 0.6 is 0 Å². The summed E-state index contributed by atoms with van der Waals surface area (Å²) in [6.45, 7) is 2.27. The molecule has 1 aromatic heterocycles. The number of benzene rings is 1. The molecular formula is C29H42N2O2. The van der Waals surface area contributed by atoms with Crippen LogP contribution in [0.2, 0.25) is 0 Å². The molecule has 4 nitrogen and oxygen atoms in total. The smallest absolute Gasteiger partial charge is 0.259 e. The maximum Gasteiger partial charge on any atom is 0.259 e. The van der Waals surface area contributed by atoms with E-state index in [4.69, 9.17) is 0 Å². The SMILES string of the molecule is CCCCCCCCCCCCCCCCC1=C(c2cn(C)c3ccccc23)C(=O)NC1=O. The fourth-order valence-electron chi connectivity index (χ4n) is 5.05. The summed E-state index contributed by atoms with van der Waals surface area (Å²) in [5.74, 6) is -0.464. The Morgan fingerprint density at radius 2 is 1.27 bits per heavy atom. The Morgan fingerprint density at radius 3 is 1.88 bits per heavy atom. The van der Waals surface area contributed by atoms with Crippen molar-refractivity contribution in [3.05, 3.63) is 41.6 Å². The van der Waals surface area contributed by atoms with Crippen LogP contribution in [0.15, 0.2) is 36.0 Å². The molecule has 0 saturated heterocycles. The van der Waals surface area contributed by atoms with Gasteiger partial charge < -0.3 is 4.57 Å². The van der Waals surface area contributed by atoms with E-state index in [0.29, 0.717) is 17.6 Å². The van der Waals surface area contributed by atoms with Crippen LogP contribution in [0, 0.1) is 0 Å². The number of carbonyl (C=O) groups excluding carboxylic acids is 2. The van der Waals surface area contributed by atoms with E-state index in [9.17, 15) is 9.59 Å². The molecule has 0 aliphatic carbocycles. The van der Waals surface area contributed by atoms with Crippen LogP contribution in [0.5, 0.6) is 0 Å². The van der Waals surface area contributed by atoms with Gasteiger partial charge in [-0.3, -0.25) is 14.9 Å². The van der Waals surface area contributed by atoms with Crippen molar-refractivity contribution in [2.24, 2.45) is 7.05 Å². The predicted octanol–water partition coefficient (Wildman–Crippen LogP) is 7.46. The van der Waals surface area contributed by atoms with E-state index in [-0.39, 0.29) is 11.8 Å². The maximum absolute atomic E-state index is 12.6. The number of nitrogens with zero attached hydrogens (tertiary/aromatic N) is 1. The van der Waals surface area contributed by atoms with E-state index < -0.39 is 0 Å². The molecule has 0 unspecified atom stereocenters. The van der Waals surface area contributed by atoms with E-state index in [1.54, 1.807) is 0 Å². The van der Waals surface area contributed by atoms with Crippen LogP contribution in [0.4, 0.5) is 0 Å². The van der Waals surface area contributed by atoms with Gasteiger partial charge >= 0.3 is 0 Å². The molecule has 1 aliphatic rings. The van der Waals surface area contributed by atoms with E-state index in [1.165, 1.54) is 77.0 Å². The number of aromatic nitrogens is 1. The number of aryl methyl sites for hydroxylation is 1. The van der Waals surface area contributed by atoms with Crippen molar-refractivity contribution < 1.29 is 9.59 Å². The maximum atomic E-state index is 12.6. The summed E-state index contributed by atoms with van der Waals surface area (Å²) >= 11 is 0. The van der Waals surface area contributed by atoms with Gasteiger partial charge in [-0.25, -0.2) is 0 Å². The fourth-order valence-corrected chi connectivity index (χ4v) is 5.05. The van der Waals surface area contributed by atoms with E-state index in [0.717, 1.165) is 29.3 Å². The average molecular weight is 451 g/mol. The number of hydrogen-bond donors (Lipinski definition) is 1. The number of carbonyl (C=O) groups is 2.